The van der Waals surface area contributed by atoms with E-state index in [4.69, 9.17) is 14.3 Å². The van der Waals surface area contributed by atoms with Gasteiger partial charge in [0.2, 0.25) is 0 Å². The number of carboxylic acid groups (broad SMARTS) is 1. The Bertz CT molecular complexity index is 526. The number of carboxylic acids is 1. The van der Waals surface area contributed by atoms with Gasteiger partial charge in [-0.1, -0.05) is 6.07 Å². The Morgan fingerprint density at radius 1 is 1.47 bits per heavy atom. The summed E-state index contributed by atoms with van der Waals surface area (Å²) in [6.07, 6.45) is 0. The molecule has 1 aromatic heterocycles. The van der Waals surface area contributed by atoms with Crippen molar-refractivity contribution in [1.29, 1.82) is 0 Å². The lowest BCUT2D eigenvalue weighted by molar-refractivity contribution is 0.0660. The molecule has 1 aromatic carbocycles. The van der Waals surface area contributed by atoms with Crippen LogP contribution in [0.25, 0.3) is 11.0 Å². The smallest absolute Gasteiger partial charge is 0.375 e. The fourth-order valence-corrected chi connectivity index (χ4v) is 1.39. The minimum Gasteiger partial charge on any atom is -0.504 e. The molecule has 0 atom stereocenters. The predicted octanol–water partition coefficient (Wildman–Crippen LogP) is 1.85. The van der Waals surface area contributed by atoms with Gasteiger partial charge in [0.05, 0.1) is 12.5 Å². The van der Waals surface area contributed by atoms with Gasteiger partial charge in [-0.05, 0) is 12.1 Å². The number of aromatic carboxylic acids is 1. The van der Waals surface area contributed by atoms with Gasteiger partial charge in [0.25, 0.3) is 5.76 Å². The summed E-state index contributed by atoms with van der Waals surface area (Å²) in [6.45, 7) is 0. The second-order valence-electron chi connectivity index (χ2n) is 2.92. The Kier molecular flexibility index (Phi) is 2.00. The third-order valence-electron chi connectivity index (χ3n) is 2.07. The molecule has 78 valence electrons. The molecule has 2 aromatic rings. The lowest BCUT2D eigenvalue weighted by Crippen LogP contribution is -1.92. The van der Waals surface area contributed by atoms with Crippen molar-refractivity contribution < 1.29 is 24.2 Å². The molecule has 0 saturated heterocycles. The van der Waals surface area contributed by atoms with E-state index in [1.54, 1.807) is 18.2 Å². The normalized spacial score (nSPS) is 10.5. The van der Waals surface area contributed by atoms with Gasteiger partial charge in [0.15, 0.2) is 17.1 Å². The van der Waals surface area contributed by atoms with Crippen LogP contribution in [0.15, 0.2) is 22.6 Å². The molecule has 15 heavy (non-hydrogen) atoms. The minimum absolute atomic E-state index is 0.231. The number of furan rings is 1. The molecule has 0 amide bonds. The SMILES string of the molecule is COc1cccc2c(O)c(C(=O)O)oc12. The molecule has 2 N–H and O–H groups in total. The predicted molar refractivity (Wildman–Crippen MR) is 51.4 cm³/mol. The number of aromatic hydroxyl groups is 1. The number of methoxy groups -OCH3 is 1. The monoisotopic (exact) mass is 208 g/mol. The number of para-hydroxylation sites is 1. The molecule has 0 saturated carbocycles. The Hall–Kier alpha value is -2.17. The average molecular weight is 208 g/mol. The maximum Gasteiger partial charge on any atom is 0.375 e. The zero-order valence-corrected chi connectivity index (χ0v) is 7.85. The first-order valence-corrected chi connectivity index (χ1v) is 4.17. The Morgan fingerprint density at radius 2 is 2.20 bits per heavy atom. The third kappa shape index (κ3) is 1.28. The highest BCUT2D eigenvalue weighted by Crippen LogP contribution is 2.36. The van der Waals surface area contributed by atoms with E-state index in [9.17, 15) is 9.90 Å². The second-order valence-corrected chi connectivity index (χ2v) is 2.92. The van der Waals surface area contributed by atoms with Crippen LogP contribution < -0.4 is 4.74 Å². The van der Waals surface area contributed by atoms with Gasteiger partial charge in [-0.25, -0.2) is 4.79 Å². The van der Waals surface area contributed by atoms with E-state index in [0.717, 1.165) is 0 Å². The van der Waals surface area contributed by atoms with Crippen molar-refractivity contribution in [2.45, 2.75) is 0 Å². The summed E-state index contributed by atoms with van der Waals surface area (Å²) in [4.78, 5) is 10.7. The largest absolute Gasteiger partial charge is 0.504 e. The molecule has 0 unspecified atom stereocenters. The van der Waals surface area contributed by atoms with Crippen molar-refractivity contribution in [3.63, 3.8) is 0 Å². The summed E-state index contributed by atoms with van der Waals surface area (Å²) in [6, 6.07) is 4.82. The van der Waals surface area contributed by atoms with Crippen LogP contribution >= 0.6 is 0 Å². The van der Waals surface area contributed by atoms with Crippen molar-refractivity contribution in [3.8, 4) is 11.5 Å². The molecule has 0 radical (unpaired) electrons. The second kappa shape index (κ2) is 3.20. The van der Waals surface area contributed by atoms with E-state index in [2.05, 4.69) is 0 Å². The molecule has 2 rings (SSSR count). The number of hydrogen-bond donors (Lipinski definition) is 2. The van der Waals surface area contributed by atoms with Crippen LogP contribution in [0.1, 0.15) is 10.6 Å². The maximum atomic E-state index is 10.7. The maximum absolute atomic E-state index is 10.7. The zero-order chi connectivity index (χ0) is 11.0. The lowest BCUT2D eigenvalue weighted by atomic mass is 10.2. The van der Waals surface area contributed by atoms with Crippen molar-refractivity contribution >= 4 is 16.9 Å². The van der Waals surface area contributed by atoms with E-state index in [0.29, 0.717) is 11.1 Å². The van der Waals surface area contributed by atoms with E-state index >= 15 is 0 Å². The topological polar surface area (TPSA) is 79.9 Å². The van der Waals surface area contributed by atoms with Crippen LogP contribution in [0.2, 0.25) is 0 Å². The van der Waals surface area contributed by atoms with Gasteiger partial charge in [0, 0.05) is 0 Å². The van der Waals surface area contributed by atoms with Crippen LogP contribution in [0.5, 0.6) is 11.5 Å². The van der Waals surface area contributed by atoms with Gasteiger partial charge < -0.3 is 19.4 Å². The summed E-state index contributed by atoms with van der Waals surface area (Å²) >= 11 is 0. The Balaban J connectivity index is 2.81. The third-order valence-corrected chi connectivity index (χ3v) is 2.07. The van der Waals surface area contributed by atoms with E-state index < -0.39 is 11.7 Å². The number of carbonyl (C=O) groups is 1. The van der Waals surface area contributed by atoms with Crippen LogP contribution in [-0.2, 0) is 0 Å². The molecule has 5 nitrogen and oxygen atoms in total. The van der Waals surface area contributed by atoms with Crippen molar-refractivity contribution in [2.75, 3.05) is 7.11 Å². The number of hydrogen-bond acceptors (Lipinski definition) is 4. The molecule has 0 aliphatic rings. The van der Waals surface area contributed by atoms with E-state index in [-0.39, 0.29) is 11.3 Å². The van der Waals surface area contributed by atoms with Gasteiger partial charge in [-0.2, -0.15) is 0 Å². The fraction of sp³-hybridized carbons (Fsp3) is 0.100. The summed E-state index contributed by atoms with van der Waals surface area (Å²) in [5, 5.41) is 18.6. The van der Waals surface area contributed by atoms with Gasteiger partial charge in [0.1, 0.15) is 0 Å². The molecule has 0 fully saturated rings. The van der Waals surface area contributed by atoms with Gasteiger partial charge in [-0.3, -0.25) is 0 Å². The Morgan fingerprint density at radius 3 is 2.80 bits per heavy atom. The highest BCUT2D eigenvalue weighted by Gasteiger charge is 2.21. The minimum atomic E-state index is -1.31. The molecule has 0 bridgehead atoms. The zero-order valence-electron chi connectivity index (χ0n) is 7.85. The molecule has 0 aliphatic carbocycles. The lowest BCUT2D eigenvalue weighted by Gasteiger charge is -1.97. The van der Waals surface area contributed by atoms with E-state index in [1.807, 2.05) is 0 Å². The molecule has 5 heteroatoms. The quantitative estimate of drug-likeness (QED) is 0.787. The first kappa shape index (κ1) is 9.39. The van der Waals surface area contributed by atoms with Gasteiger partial charge >= 0.3 is 5.97 Å². The molecular formula is C10H8O5. The average Bonchev–Trinajstić information content (AvgIpc) is 2.56. The molecular weight excluding hydrogens is 200 g/mol. The van der Waals surface area contributed by atoms with Crippen LogP contribution in [-0.4, -0.2) is 23.3 Å². The number of ether oxygens (including phenoxy) is 1. The van der Waals surface area contributed by atoms with Crippen molar-refractivity contribution in [1.82, 2.24) is 0 Å². The summed E-state index contributed by atoms with van der Waals surface area (Å²) in [5.74, 6) is -1.79. The molecule has 0 spiro atoms. The van der Waals surface area contributed by atoms with E-state index in [1.165, 1.54) is 7.11 Å². The first-order chi connectivity index (χ1) is 7.15. The number of fused-ring (bicyclic) bond motifs is 1. The molecule has 1 heterocycles. The van der Waals surface area contributed by atoms with Crippen LogP contribution in [0, 0.1) is 0 Å². The Labute approximate surface area is 84.5 Å². The fourth-order valence-electron chi connectivity index (χ4n) is 1.39. The number of rotatable bonds is 2. The first-order valence-electron chi connectivity index (χ1n) is 4.17. The summed E-state index contributed by atoms with van der Waals surface area (Å²) in [7, 11) is 1.44. The number of benzene rings is 1. The highest BCUT2D eigenvalue weighted by molar-refractivity contribution is 5.99. The highest BCUT2D eigenvalue weighted by atomic mass is 16.5. The summed E-state index contributed by atoms with van der Waals surface area (Å²) in [5.41, 5.74) is 0.231. The molecule has 0 aliphatic heterocycles. The van der Waals surface area contributed by atoms with Crippen LogP contribution in [0.4, 0.5) is 0 Å². The summed E-state index contributed by atoms with van der Waals surface area (Å²) < 4.78 is 9.99. The van der Waals surface area contributed by atoms with Crippen molar-refractivity contribution in [3.05, 3.63) is 24.0 Å². The van der Waals surface area contributed by atoms with Crippen molar-refractivity contribution in [2.24, 2.45) is 0 Å². The van der Waals surface area contributed by atoms with Crippen LogP contribution in [0.3, 0.4) is 0 Å². The standard InChI is InChI=1S/C10H8O5/c1-14-6-4-2-3-5-7(11)9(10(12)13)15-8(5)6/h2-4,11H,1H3,(H,12,13). The van der Waals surface area contributed by atoms with Gasteiger partial charge in [-0.15, -0.1) is 0 Å².